The van der Waals surface area contributed by atoms with E-state index in [1.54, 1.807) is 6.08 Å². The minimum atomic E-state index is -0.960. The molecule has 2 heterocycles. The maximum absolute atomic E-state index is 14.0. The SMILES string of the molecule is Cn1ccc2cc(NCCC3=NCC/C=C(C4CC4)\C=C/3C(=O)O)cc(-c3cc(F)cc(F)c3)c21. The molecule has 0 unspecified atom stereocenters. The Labute approximate surface area is 202 Å². The van der Waals surface area contributed by atoms with E-state index in [-0.39, 0.29) is 5.57 Å². The van der Waals surface area contributed by atoms with E-state index in [1.165, 1.54) is 12.1 Å². The molecule has 0 atom stereocenters. The van der Waals surface area contributed by atoms with Crippen LogP contribution < -0.4 is 5.32 Å². The van der Waals surface area contributed by atoms with Crippen molar-refractivity contribution in [2.45, 2.75) is 25.7 Å². The number of nitrogens with zero attached hydrogens (tertiary/aromatic N) is 2. The number of hydrogen-bond donors (Lipinski definition) is 2. The Balaban J connectivity index is 1.40. The zero-order chi connectivity index (χ0) is 24.5. The van der Waals surface area contributed by atoms with E-state index in [4.69, 9.17) is 0 Å². The summed E-state index contributed by atoms with van der Waals surface area (Å²) >= 11 is 0. The molecule has 7 heteroatoms. The summed E-state index contributed by atoms with van der Waals surface area (Å²) in [6.45, 7) is 1.04. The van der Waals surface area contributed by atoms with E-state index >= 15 is 0 Å². The second-order valence-corrected chi connectivity index (χ2v) is 9.18. The topological polar surface area (TPSA) is 66.6 Å². The third-order valence-electron chi connectivity index (χ3n) is 6.55. The minimum Gasteiger partial charge on any atom is -0.478 e. The lowest BCUT2D eigenvalue weighted by Gasteiger charge is -2.15. The summed E-state index contributed by atoms with van der Waals surface area (Å²) in [5.74, 6) is -1.74. The van der Waals surface area contributed by atoms with Crippen LogP contribution in [0.3, 0.4) is 0 Å². The number of anilines is 1. The number of nitrogens with one attached hydrogen (secondary N) is 1. The number of carbonyl (C=O) groups is 1. The van der Waals surface area contributed by atoms with Crippen molar-refractivity contribution in [3.05, 3.63) is 77.5 Å². The fourth-order valence-electron chi connectivity index (χ4n) is 4.73. The fourth-order valence-corrected chi connectivity index (χ4v) is 4.73. The number of aliphatic carboxylic acids is 1. The molecule has 0 bridgehead atoms. The molecule has 1 saturated carbocycles. The van der Waals surface area contributed by atoms with E-state index < -0.39 is 17.6 Å². The summed E-state index contributed by atoms with van der Waals surface area (Å²) in [7, 11) is 1.89. The van der Waals surface area contributed by atoms with Crippen molar-refractivity contribution >= 4 is 28.3 Å². The van der Waals surface area contributed by atoms with E-state index in [0.717, 1.165) is 47.5 Å². The van der Waals surface area contributed by atoms with E-state index in [2.05, 4.69) is 16.4 Å². The highest BCUT2D eigenvalue weighted by Crippen LogP contribution is 2.38. The molecule has 1 aliphatic carbocycles. The molecule has 2 aromatic carbocycles. The monoisotopic (exact) mass is 475 g/mol. The van der Waals surface area contributed by atoms with Gasteiger partial charge in [-0.05, 0) is 72.7 Å². The highest BCUT2D eigenvalue weighted by molar-refractivity contribution is 6.19. The number of aromatic nitrogens is 1. The van der Waals surface area contributed by atoms with Gasteiger partial charge < -0.3 is 15.0 Å². The molecule has 180 valence electrons. The highest BCUT2D eigenvalue weighted by Gasteiger charge is 2.27. The Morgan fingerprint density at radius 2 is 1.94 bits per heavy atom. The van der Waals surface area contributed by atoms with Crippen molar-refractivity contribution in [1.29, 1.82) is 0 Å². The lowest BCUT2D eigenvalue weighted by molar-refractivity contribution is -0.132. The molecule has 1 fully saturated rings. The number of carboxylic acid groups (broad SMARTS) is 1. The first-order chi connectivity index (χ1) is 16.9. The van der Waals surface area contributed by atoms with Gasteiger partial charge in [-0.25, -0.2) is 13.6 Å². The average molecular weight is 476 g/mol. The molecule has 3 aromatic rings. The summed E-state index contributed by atoms with van der Waals surface area (Å²) in [6.07, 6.45) is 9.31. The molecule has 0 spiro atoms. The van der Waals surface area contributed by atoms with E-state index in [0.29, 0.717) is 42.3 Å². The minimum absolute atomic E-state index is 0.263. The molecule has 0 saturated heterocycles. The number of fused-ring (bicyclic) bond motifs is 1. The smallest absolute Gasteiger partial charge is 0.337 e. The van der Waals surface area contributed by atoms with Crippen LogP contribution >= 0.6 is 0 Å². The van der Waals surface area contributed by atoms with Gasteiger partial charge in [-0.3, -0.25) is 4.99 Å². The number of allylic oxidation sites excluding steroid dienone is 2. The summed E-state index contributed by atoms with van der Waals surface area (Å²) < 4.78 is 29.8. The Kier molecular flexibility index (Phi) is 6.24. The zero-order valence-corrected chi connectivity index (χ0v) is 19.5. The van der Waals surface area contributed by atoms with Crippen LogP contribution in [0.15, 0.2) is 70.9 Å². The summed E-state index contributed by atoms with van der Waals surface area (Å²) in [6, 6.07) is 9.32. The standard InChI is InChI=1S/C28H27F2N3O2/c1-33-10-7-19-13-23(16-24(27(19)33)20-11-21(29)15-22(30)12-20)31-9-6-26-25(28(34)35)14-18(17-4-5-17)3-2-8-32-26/h3,7,10-17,31H,2,4-6,8-9H2,1H3,(H,34,35)/b18-3+,25-14+,32-26?. The van der Waals surface area contributed by atoms with Crippen molar-refractivity contribution < 1.29 is 18.7 Å². The molecule has 2 N–H and O–H groups in total. The fraction of sp³-hybridized carbons (Fsp3) is 0.286. The van der Waals surface area contributed by atoms with Crippen LogP contribution in [0.1, 0.15) is 25.7 Å². The molecular formula is C28H27F2N3O2. The Hall–Kier alpha value is -3.74. The Bertz CT molecular complexity index is 1380. The van der Waals surface area contributed by atoms with Gasteiger partial charge in [0.05, 0.1) is 16.8 Å². The summed E-state index contributed by atoms with van der Waals surface area (Å²) in [5.41, 5.74) is 4.80. The zero-order valence-electron chi connectivity index (χ0n) is 19.5. The van der Waals surface area contributed by atoms with Crippen LogP contribution in [0.5, 0.6) is 0 Å². The van der Waals surface area contributed by atoms with Crippen molar-refractivity contribution in [2.24, 2.45) is 18.0 Å². The molecule has 1 aromatic heterocycles. The van der Waals surface area contributed by atoms with Crippen molar-refractivity contribution in [3.63, 3.8) is 0 Å². The van der Waals surface area contributed by atoms with Crippen molar-refractivity contribution in [2.75, 3.05) is 18.4 Å². The third kappa shape index (κ3) is 5.04. The van der Waals surface area contributed by atoms with Gasteiger partial charge >= 0.3 is 5.97 Å². The Morgan fingerprint density at radius 1 is 1.17 bits per heavy atom. The van der Waals surface area contributed by atoms with E-state index in [1.807, 2.05) is 36.0 Å². The largest absolute Gasteiger partial charge is 0.478 e. The second kappa shape index (κ2) is 9.49. The molecule has 2 aliphatic rings. The normalized spacial score (nSPS) is 19.2. The van der Waals surface area contributed by atoms with Gasteiger partial charge in [0, 0.05) is 55.5 Å². The second-order valence-electron chi connectivity index (χ2n) is 9.18. The molecule has 1 aliphatic heterocycles. The first-order valence-corrected chi connectivity index (χ1v) is 11.9. The van der Waals surface area contributed by atoms with Crippen molar-refractivity contribution in [1.82, 2.24) is 4.57 Å². The predicted molar refractivity (Wildman–Crippen MR) is 135 cm³/mol. The number of hydrogen-bond acceptors (Lipinski definition) is 3. The lowest BCUT2D eigenvalue weighted by atomic mass is 9.99. The number of aliphatic imine (C=N–C) groups is 1. The maximum atomic E-state index is 14.0. The number of carboxylic acids is 1. The number of benzene rings is 2. The predicted octanol–water partition coefficient (Wildman–Crippen LogP) is 6.12. The van der Waals surface area contributed by atoms with Gasteiger partial charge in [-0.1, -0.05) is 6.08 Å². The van der Waals surface area contributed by atoms with Crippen LogP contribution in [0.25, 0.3) is 22.0 Å². The first-order valence-electron chi connectivity index (χ1n) is 11.9. The van der Waals surface area contributed by atoms with Gasteiger partial charge in [-0.2, -0.15) is 0 Å². The molecule has 0 radical (unpaired) electrons. The van der Waals surface area contributed by atoms with Crippen LogP contribution in [-0.2, 0) is 11.8 Å². The van der Waals surface area contributed by atoms with Crippen LogP contribution in [-0.4, -0.2) is 34.4 Å². The summed E-state index contributed by atoms with van der Waals surface area (Å²) in [4.78, 5) is 16.6. The van der Waals surface area contributed by atoms with Gasteiger partial charge in [0.15, 0.2) is 0 Å². The van der Waals surface area contributed by atoms with Crippen molar-refractivity contribution in [3.8, 4) is 11.1 Å². The molecule has 5 nitrogen and oxygen atoms in total. The van der Waals surface area contributed by atoms with Gasteiger partial charge in [0.1, 0.15) is 11.6 Å². The number of aryl methyl sites for hydroxylation is 1. The number of halogens is 2. The van der Waals surface area contributed by atoms with Gasteiger partial charge in [0.2, 0.25) is 0 Å². The Morgan fingerprint density at radius 3 is 2.66 bits per heavy atom. The average Bonchev–Trinajstić information content (AvgIpc) is 3.57. The van der Waals surface area contributed by atoms with Crippen LogP contribution in [0.2, 0.25) is 0 Å². The van der Waals surface area contributed by atoms with Gasteiger partial charge in [-0.15, -0.1) is 0 Å². The van der Waals surface area contributed by atoms with E-state index in [9.17, 15) is 18.7 Å². The highest BCUT2D eigenvalue weighted by atomic mass is 19.1. The molecule has 5 rings (SSSR count). The number of rotatable bonds is 7. The maximum Gasteiger partial charge on any atom is 0.337 e. The quantitative estimate of drug-likeness (QED) is 0.433. The molecule has 35 heavy (non-hydrogen) atoms. The third-order valence-corrected chi connectivity index (χ3v) is 6.55. The summed E-state index contributed by atoms with van der Waals surface area (Å²) in [5, 5.41) is 14.1. The molecule has 0 amide bonds. The van der Waals surface area contributed by atoms with Crippen LogP contribution in [0.4, 0.5) is 14.5 Å². The van der Waals surface area contributed by atoms with Gasteiger partial charge in [0.25, 0.3) is 0 Å². The molecular weight excluding hydrogens is 448 g/mol. The van der Waals surface area contributed by atoms with Crippen LogP contribution in [0, 0.1) is 17.6 Å². The lowest BCUT2D eigenvalue weighted by Crippen LogP contribution is -2.18. The first kappa shape index (κ1) is 23.0.